The molecule has 0 aliphatic carbocycles. The van der Waals surface area contributed by atoms with Crippen LogP contribution in [0.5, 0.6) is 5.75 Å². The highest BCUT2D eigenvalue weighted by Gasteiger charge is 2.15. The Kier molecular flexibility index (Phi) is 4.73. The average Bonchev–Trinajstić information content (AvgIpc) is 2.25. The van der Waals surface area contributed by atoms with Gasteiger partial charge in [-0.2, -0.15) is 0 Å². The predicted octanol–water partition coefficient (Wildman–Crippen LogP) is 2.43. The number of benzene rings is 1. The number of aromatic hydroxyl groups is 1. The third-order valence-corrected chi connectivity index (χ3v) is 2.99. The predicted molar refractivity (Wildman–Crippen MR) is 63.4 cm³/mol. The van der Waals surface area contributed by atoms with Gasteiger partial charge >= 0.3 is 0 Å². The number of hydrogen-bond acceptors (Lipinski definition) is 2. The van der Waals surface area contributed by atoms with E-state index in [9.17, 15) is 9.18 Å². The first-order valence-electron chi connectivity index (χ1n) is 4.93. The van der Waals surface area contributed by atoms with Crippen LogP contribution in [0.15, 0.2) is 18.2 Å². The quantitative estimate of drug-likeness (QED) is 0.837. The molecule has 1 aromatic rings. The van der Waals surface area contributed by atoms with Crippen molar-refractivity contribution in [2.24, 2.45) is 0 Å². The SMILES string of the molecule is CCC(CBr)NC(=O)c1ccc(O)cc1F. The Morgan fingerprint density at radius 1 is 1.62 bits per heavy atom. The Hall–Kier alpha value is -1.10. The lowest BCUT2D eigenvalue weighted by Gasteiger charge is -2.14. The molecule has 0 aliphatic heterocycles. The highest BCUT2D eigenvalue weighted by Crippen LogP contribution is 2.15. The van der Waals surface area contributed by atoms with Gasteiger partial charge < -0.3 is 10.4 Å². The summed E-state index contributed by atoms with van der Waals surface area (Å²) in [4.78, 5) is 11.7. The van der Waals surface area contributed by atoms with Crippen molar-refractivity contribution in [1.29, 1.82) is 0 Å². The lowest BCUT2D eigenvalue weighted by molar-refractivity contribution is 0.0936. The Bertz CT molecular complexity index is 380. The van der Waals surface area contributed by atoms with E-state index in [-0.39, 0.29) is 17.4 Å². The van der Waals surface area contributed by atoms with Crippen molar-refractivity contribution in [1.82, 2.24) is 5.32 Å². The number of rotatable bonds is 4. The summed E-state index contributed by atoms with van der Waals surface area (Å²) in [6, 6.07) is 3.44. The lowest BCUT2D eigenvalue weighted by Crippen LogP contribution is -2.35. The molecule has 3 nitrogen and oxygen atoms in total. The molecule has 0 spiro atoms. The second-order valence-electron chi connectivity index (χ2n) is 3.40. The van der Waals surface area contributed by atoms with E-state index in [0.29, 0.717) is 5.33 Å². The summed E-state index contributed by atoms with van der Waals surface area (Å²) in [6.07, 6.45) is 0.761. The van der Waals surface area contributed by atoms with E-state index in [1.54, 1.807) is 0 Å². The molecule has 16 heavy (non-hydrogen) atoms. The van der Waals surface area contributed by atoms with Crippen LogP contribution in [0.2, 0.25) is 0 Å². The van der Waals surface area contributed by atoms with E-state index in [1.165, 1.54) is 12.1 Å². The zero-order valence-electron chi connectivity index (χ0n) is 8.84. The van der Waals surface area contributed by atoms with Crippen molar-refractivity contribution in [2.45, 2.75) is 19.4 Å². The third-order valence-electron chi connectivity index (χ3n) is 2.21. The fourth-order valence-electron chi connectivity index (χ4n) is 1.20. The highest BCUT2D eigenvalue weighted by molar-refractivity contribution is 9.09. The fraction of sp³-hybridized carbons (Fsp3) is 0.364. The van der Waals surface area contributed by atoms with E-state index in [1.807, 2.05) is 6.92 Å². The van der Waals surface area contributed by atoms with Crippen molar-refractivity contribution < 1.29 is 14.3 Å². The van der Waals surface area contributed by atoms with E-state index < -0.39 is 11.7 Å². The lowest BCUT2D eigenvalue weighted by atomic mass is 10.1. The minimum Gasteiger partial charge on any atom is -0.508 e. The van der Waals surface area contributed by atoms with Crippen LogP contribution in [0.1, 0.15) is 23.7 Å². The van der Waals surface area contributed by atoms with Crippen LogP contribution < -0.4 is 5.32 Å². The van der Waals surface area contributed by atoms with E-state index in [4.69, 9.17) is 5.11 Å². The summed E-state index contributed by atoms with van der Waals surface area (Å²) in [7, 11) is 0. The van der Waals surface area contributed by atoms with Gasteiger partial charge in [0, 0.05) is 17.4 Å². The largest absolute Gasteiger partial charge is 0.508 e. The molecular weight excluding hydrogens is 277 g/mol. The van der Waals surface area contributed by atoms with Crippen molar-refractivity contribution >= 4 is 21.8 Å². The van der Waals surface area contributed by atoms with Gasteiger partial charge in [-0.05, 0) is 18.6 Å². The molecule has 0 aliphatic rings. The number of phenolic OH excluding ortho intramolecular Hbond substituents is 1. The fourth-order valence-corrected chi connectivity index (χ4v) is 1.82. The van der Waals surface area contributed by atoms with Crippen LogP contribution in [-0.4, -0.2) is 22.4 Å². The summed E-state index contributed by atoms with van der Waals surface area (Å²) < 4.78 is 13.3. The molecule has 1 amide bonds. The molecule has 88 valence electrons. The number of amides is 1. The molecule has 0 radical (unpaired) electrons. The topological polar surface area (TPSA) is 49.3 Å². The molecule has 0 saturated carbocycles. The van der Waals surface area contributed by atoms with Crippen LogP contribution in [0.25, 0.3) is 0 Å². The van der Waals surface area contributed by atoms with Gasteiger partial charge in [0.2, 0.25) is 0 Å². The van der Waals surface area contributed by atoms with Gasteiger partial charge in [0.05, 0.1) is 5.56 Å². The molecular formula is C11H13BrFNO2. The van der Waals surface area contributed by atoms with E-state index in [2.05, 4.69) is 21.2 Å². The molecule has 0 aromatic heterocycles. The van der Waals surface area contributed by atoms with Gasteiger partial charge in [0.15, 0.2) is 0 Å². The monoisotopic (exact) mass is 289 g/mol. The maximum absolute atomic E-state index is 13.3. The Balaban J connectivity index is 2.80. The minimum atomic E-state index is -0.720. The van der Waals surface area contributed by atoms with E-state index in [0.717, 1.165) is 12.5 Å². The first-order valence-corrected chi connectivity index (χ1v) is 6.06. The Morgan fingerprint density at radius 2 is 2.31 bits per heavy atom. The summed E-state index contributed by atoms with van der Waals surface area (Å²) in [6.45, 7) is 1.93. The Morgan fingerprint density at radius 3 is 2.81 bits per heavy atom. The molecule has 0 saturated heterocycles. The summed E-state index contributed by atoms with van der Waals surface area (Å²) in [5.41, 5.74) is -0.0581. The molecule has 1 atom stereocenters. The minimum absolute atomic E-state index is 0.0271. The number of phenols is 1. The summed E-state index contributed by atoms with van der Waals surface area (Å²) >= 11 is 3.26. The van der Waals surface area contributed by atoms with Crippen LogP contribution in [0.3, 0.4) is 0 Å². The average molecular weight is 290 g/mol. The zero-order valence-corrected chi connectivity index (χ0v) is 10.4. The molecule has 1 unspecified atom stereocenters. The Labute approximate surface area is 102 Å². The second-order valence-corrected chi connectivity index (χ2v) is 4.04. The van der Waals surface area contributed by atoms with Crippen molar-refractivity contribution in [3.63, 3.8) is 0 Å². The number of nitrogens with one attached hydrogen (secondary N) is 1. The van der Waals surface area contributed by atoms with Crippen molar-refractivity contribution in [3.05, 3.63) is 29.6 Å². The van der Waals surface area contributed by atoms with Crippen molar-refractivity contribution in [2.75, 3.05) is 5.33 Å². The zero-order chi connectivity index (χ0) is 12.1. The second kappa shape index (κ2) is 5.84. The maximum atomic E-state index is 13.3. The first-order chi connectivity index (χ1) is 7.58. The molecule has 2 N–H and O–H groups in total. The van der Waals surface area contributed by atoms with Crippen LogP contribution >= 0.6 is 15.9 Å². The number of carbonyl (C=O) groups is 1. The molecule has 0 bridgehead atoms. The highest BCUT2D eigenvalue weighted by atomic mass is 79.9. The summed E-state index contributed by atoms with van der Waals surface area (Å²) in [5, 5.41) is 12.3. The number of carbonyl (C=O) groups excluding carboxylic acids is 1. The van der Waals surface area contributed by atoms with Crippen LogP contribution in [0.4, 0.5) is 4.39 Å². The number of halogens is 2. The molecule has 1 rings (SSSR count). The normalized spacial score (nSPS) is 12.2. The van der Waals surface area contributed by atoms with Gasteiger partial charge in [-0.1, -0.05) is 22.9 Å². The van der Waals surface area contributed by atoms with E-state index >= 15 is 0 Å². The van der Waals surface area contributed by atoms with Gasteiger partial charge in [0.1, 0.15) is 11.6 Å². The number of alkyl halides is 1. The van der Waals surface area contributed by atoms with Crippen LogP contribution in [-0.2, 0) is 0 Å². The number of hydrogen-bond donors (Lipinski definition) is 2. The third kappa shape index (κ3) is 3.20. The standard InChI is InChI=1S/C11H13BrFNO2/c1-2-7(6-12)14-11(16)9-4-3-8(15)5-10(9)13/h3-5,7,15H,2,6H2,1H3,(H,14,16). The van der Waals surface area contributed by atoms with Crippen molar-refractivity contribution in [3.8, 4) is 5.75 Å². The smallest absolute Gasteiger partial charge is 0.254 e. The van der Waals surface area contributed by atoms with Gasteiger partial charge in [-0.15, -0.1) is 0 Å². The van der Waals surface area contributed by atoms with Gasteiger partial charge in [-0.3, -0.25) is 4.79 Å². The van der Waals surface area contributed by atoms with Crippen LogP contribution in [0, 0.1) is 5.82 Å². The van der Waals surface area contributed by atoms with Gasteiger partial charge in [-0.25, -0.2) is 4.39 Å². The molecule has 0 fully saturated rings. The molecule has 1 aromatic carbocycles. The molecule has 5 heteroatoms. The first kappa shape index (κ1) is 13.0. The van der Waals surface area contributed by atoms with Gasteiger partial charge in [0.25, 0.3) is 5.91 Å². The maximum Gasteiger partial charge on any atom is 0.254 e. The molecule has 0 heterocycles. The summed E-state index contributed by atoms with van der Waals surface area (Å²) in [5.74, 6) is -1.38.